The van der Waals surface area contributed by atoms with Crippen molar-refractivity contribution >= 4 is 15.7 Å². The third-order valence-corrected chi connectivity index (χ3v) is 5.18. The standard InChI is InChI=1S/C13H18N2O5S/c16-13(8-4-1-5-9-13)10-14-21(19,20)12-7-3-2-6-11(12)15(17)18/h2-3,6-7,14,16H,1,4-5,8-10H2. The van der Waals surface area contributed by atoms with Gasteiger partial charge in [0.1, 0.15) is 0 Å². The van der Waals surface area contributed by atoms with Crippen LogP contribution in [0.3, 0.4) is 0 Å². The average molecular weight is 314 g/mol. The van der Waals surface area contributed by atoms with Gasteiger partial charge in [-0.1, -0.05) is 31.4 Å². The fraction of sp³-hybridized carbons (Fsp3) is 0.538. The molecule has 1 fully saturated rings. The zero-order chi connectivity index (χ0) is 15.5. The Morgan fingerprint density at radius 2 is 1.86 bits per heavy atom. The summed E-state index contributed by atoms with van der Waals surface area (Å²) in [6.07, 6.45) is 3.80. The second-order valence-electron chi connectivity index (χ2n) is 5.33. The van der Waals surface area contributed by atoms with Crippen LogP contribution in [-0.2, 0) is 10.0 Å². The van der Waals surface area contributed by atoms with E-state index < -0.39 is 26.2 Å². The van der Waals surface area contributed by atoms with Gasteiger partial charge in [-0.2, -0.15) is 0 Å². The third-order valence-electron chi connectivity index (χ3n) is 3.73. The summed E-state index contributed by atoms with van der Waals surface area (Å²) in [6, 6.07) is 5.16. The van der Waals surface area contributed by atoms with Crippen molar-refractivity contribution in [1.29, 1.82) is 0 Å². The summed E-state index contributed by atoms with van der Waals surface area (Å²) >= 11 is 0. The van der Waals surface area contributed by atoms with Crippen molar-refractivity contribution in [3.8, 4) is 0 Å². The molecule has 0 heterocycles. The van der Waals surface area contributed by atoms with E-state index in [1.165, 1.54) is 18.2 Å². The molecule has 1 aliphatic rings. The van der Waals surface area contributed by atoms with Crippen LogP contribution < -0.4 is 4.72 Å². The molecule has 116 valence electrons. The molecule has 1 saturated carbocycles. The van der Waals surface area contributed by atoms with E-state index in [-0.39, 0.29) is 11.4 Å². The van der Waals surface area contributed by atoms with E-state index in [0.717, 1.165) is 25.3 Å². The number of nitrogens with zero attached hydrogens (tertiary/aromatic N) is 1. The van der Waals surface area contributed by atoms with Gasteiger partial charge in [0.15, 0.2) is 4.90 Å². The Morgan fingerprint density at radius 3 is 2.48 bits per heavy atom. The van der Waals surface area contributed by atoms with E-state index in [4.69, 9.17) is 0 Å². The van der Waals surface area contributed by atoms with Crippen LogP contribution in [0.4, 0.5) is 5.69 Å². The molecule has 2 N–H and O–H groups in total. The predicted molar refractivity (Wildman–Crippen MR) is 76.3 cm³/mol. The molecule has 0 aromatic heterocycles. The van der Waals surface area contributed by atoms with Gasteiger partial charge < -0.3 is 5.11 Å². The van der Waals surface area contributed by atoms with E-state index >= 15 is 0 Å². The lowest BCUT2D eigenvalue weighted by Crippen LogP contribution is -2.44. The summed E-state index contributed by atoms with van der Waals surface area (Å²) in [5.41, 5.74) is -1.53. The van der Waals surface area contributed by atoms with E-state index in [0.29, 0.717) is 12.8 Å². The minimum atomic E-state index is -4.03. The van der Waals surface area contributed by atoms with Crippen LogP contribution in [0.1, 0.15) is 32.1 Å². The first-order valence-electron chi connectivity index (χ1n) is 6.80. The molecule has 0 radical (unpaired) electrons. The number of aliphatic hydroxyl groups is 1. The highest BCUT2D eigenvalue weighted by atomic mass is 32.2. The number of rotatable bonds is 5. The van der Waals surface area contributed by atoms with Crippen molar-refractivity contribution in [2.75, 3.05) is 6.54 Å². The molecular weight excluding hydrogens is 296 g/mol. The number of hydrogen-bond acceptors (Lipinski definition) is 5. The molecule has 1 aliphatic carbocycles. The average Bonchev–Trinajstić information content (AvgIpc) is 2.46. The SMILES string of the molecule is O=[N+]([O-])c1ccccc1S(=O)(=O)NCC1(O)CCCCC1. The molecule has 0 atom stereocenters. The van der Waals surface area contributed by atoms with Gasteiger partial charge in [0.2, 0.25) is 10.0 Å². The minimum absolute atomic E-state index is 0.124. The van der Waals surface area contributed by atoms with Gasteiger partial charge in [0.05, 0.1) is 10.5 Å². The quantitative estimate of drug-likeness (QED) is 0.633. The second kappa shape index (κ2) is 6.08. The Morgan fingerprint density at radius 1 is 1.24 bits per heavy atom. The number of nitro benzene ring substituents is 1. The minimum Gasteiger partial charge on any atom is -0.389 e. The van der Waals surface area contributed by atoms with Crippen LogP contribution in [0.5, 0.6) is 0 Å². The smallest absolute Gasteiger partial charge is 0.289 e. The van der Waals surface area contributed by atoms with Crippen LogP contribution in [0.25, 0.3) is 0 Å². The van der Waals surface area contributed by atoms with Crippen LogP contribution in [-0.4, -0.2) is 30.6 Å². The topological polar surface area (TPSA) is 110 Å². The monoisotopic (exact) mass is 314 g/mol. The highest BCUT2D eigenvalue weighted by molar-refractivity contribution is 7.89. The van der Waals surface area contributed by atoms with Gasteiger partial charge in [0, 0.05) is 12.6 Å². The molecule has 21 heavy (non-hydrogen) atoms. The van der Waals surface area contributed by atoms with Crippen LogP contribution in [0, 0.1) is 10.1 Å². The normalized spacial score (nSPS) is 18.3. The number of benzene rings is 1. The first-order valence-corrected chi connectivity index (χ1v) is 8.28. The van der Waals surface area contributed by atoms with Gasteiger partial charge in [-0.3, -0.25) is 10.1 Å². The third kappa shape index (κ3) is 3.78. The first-order chi connectivity index (χ1) is 9.84. The highest BCUT2D eigenvalue weighted by Crippen LogP contribution is 2.28. The summed E-state index contributed by atoms with van der Waals surface area (Å²) in [6.45, 7) is -0.124. The fourth-order valence-corrected chi connectivity index (χ4v) is 3.82. The zero-order valence-corrected chi connectivity index (χ0v) is 12.3. The molecule has 0 bridgehead atoms. The van der Waals surface area contributed by atoms with Crippen LogP contribution >= 0.6 is 0 Å². The van der Waals surface area contributed by atoms with Gasteiger partial charge in [-0.25, -0.2) is 13.1 Å². The summed E-state index contributed by atoms with van der Waals surface area (Å²) in [5.74, 6) is 0. The van der Waals surface area contributed by atoms with Gasteiger partial charge in [0.25, 0.3) is 5.69 Å². The van der Waals surface area contributed by atoms with Crippen molar-refractivity contribution in [3.63, 3.8) is 0 Å². The predicted octanol–water partition coefficient (Wildman–Crippen LogP) is 1.57. The Labute approximate surface area is 123 Å². The molecule has 0 amide bonds. The molecule has 1 aromatic carbocycles. The molecule has 0 spiro atoms. The van der Waals surface area contributed by atoms with Crippen molar-refractivity contribution in [1.82, 2.24) is 4.72 Å². The zero-order valence-electron chi connectivity index (χ0n) is 11.5. The Kier molecular flexibility index (Phi) is 4.60. The van der Waals surface area contributed by atoms with Crippen molar-refractivity contribution < 1.29 is 18.4 Å². The molecule has 2 rings (SSSR count). The van der Waals surface area contributed by atoms with Crippen LogP contribution in [0.15, 0.2) is 29.2 Å². The summed E-state index contributed by atoms with van der Waals surface area (Å²) in [7, 11) is -4.03. The summed E-state index contributed by atoms with van der Waals surface area (Å²) < 4.78 is 26.7. The Bertz CT molecular complexity index is 623. The number of nitro groups is 1. The molecule has 1 aromatic rings. The molecular formula is C13H18N2O5S. The molecule has 0 unspecified atom stereocenters. The lowest BCUT2D eigenvalue weighted by Gasteiger charge is -2.31. The van der Waals surface area contributed by atoms with Crippen molar-refractivity contribution in [2.45, 2.75) is 42.6 Å². The van der Waals surface area contributed by atoms with Crippen molar-refractivity contribution in [2.24, 2.45) is 0 Å². The van der Waals surface area contributed by atoms with Gasteiger partial charge in [-0.15, -0.1) is 0 Å². The molecule has 7 nitrogen and oxygen atoms in total. The number of sulfonamides is 1. The fourth-order valence-electron chi connectivity index (χ4n) is 2.53. The lowest BCUT2D eigenvalue weighted by atomic mass is 9.85. The number of para-hydroxylation sites is 1. The van der Waals surface area contributed by atoms with E-state index in [2.05, 4.69) is 4.72 Å². The van der Waals surface area contributed by atoms with Crippen molar-refractivity contribution in [3.05, 3.63) is 34.4 Å². The number of nitrogens with one attached hydrogen (secondary N) is 1. The van der Waals surface area contributed by atoms with Gasteiger partial charge in [-0.05, 0) is 18.9 Å². The van der Waals surface area contributed by atoms with E-state index in [1.807, 2.05) is 0 Å². The Hall–Kier alpha value is -1.51. The maximum absolute atomic E-state index is 12.2. The Balaban J connectivity index is 2.17. The van der Waals surface area contributed by atoms with Gasteiger partial charge >= 0.3 is 0 Å². The largest absolute Gasteiger partial charge is 0.389 e. The molecule has 8 heteroatoms. The molecule has 0 aliphatic heterocycles. The van der Waals surface area contributed by atoms with Crippen LogP contribution in [0.2, 0.25) is 0 Å². The number of hydrogen-bond donors (Lipinski definition) is 2. The summed E-state index contributed by atoms with van der Waals surface area (Å²) in [5, 5.41) is 21.2. The van der Waals surface area contributed by atoms with E-state index in [9.17, 15) is 23.6 Å². The second-order valence-corrected chi connectivity index (χ2v) is 7.07. The summed E-state index contributed by atoms with van der Waals surface area (Å²) in [4.78, 5) is 9.79. The maximum Gasteiger partial charge on any atom is 0.289 e. The molecule has 0 saturated heterocycles. The van der Waals surface area contributed by atoms with E-state index in [1.54, 1.807) is 0 Å². The lowest BCUT2D eigenvalue weighted by molar-refractivity contribution is -0.387. The maximum atomic E-state index is 12.2. The first kappa shape index (κ1) is 15.9. The highest BCUT2D eigenvalue weighted by Gasteiger charge is 2.32.